The molecular weight excluding hydrogens is 442 g/mol. The summed E-state index contributed by atoms with van der Waals surface area (Å²) in [6.45, 7) is 6.18. The number of ether oxygens (including phenoxy) is 1. The first-order chi connectivity index (χ1) is 16.1. The first-order valence-corrected chi connectivity index (χ1v) is 11.8. The molecule has 0 bridgehead atoms. The number of nitrogens with zero attached hydrogens (tertiary/aromatic N) is 6. The number of morpholine rings is 1. The van der Waals surface area contributed by atoms with Crippen LogP contribution in [0.25, 0.3) is 0 Å². The number of rotatable bonds is 6. The molecule has 1 saturated heterocycles. The number of aryl methyl sites for hydroxylation is 1. The van der Waals surface area contributed by atoms with Gasteiger partial charge in [-0.1, -0.05) is 11.3 Å². The maximum atomic E-state index is 11.4. The van der Waals surface area contributed by atoms with E-state index in [1.165, 1.54) is 5.56 Å². The van der Waals surface area contributed by atoms with Crippen molar-refractivity contribution >= 4 is 40.0 Å². The Morgan fingerprint density at radius 1 is 1.15 bits per heavy atom. The maximum absolute atomic E-state index is 11.4. The topological polar surface area (TPSA) is 117 Å². The molecule has 5 rings (SSSR count). The molecule has 0 spiro atoms. The average Bonchev–Trinajstić information content (AvgIpc) is 3.20. The summed E-state index contributed by atoms with van der Waals surface area (Å²) in [5.74, 6) is 1.25. The Morgan fingerprint density at radius 2 is 1.91 bits per heavy atom. The van der Waals surface area contributed by atoms with Gasteiger partial charge in [-0.3, -0.25) is 10.3 Å². The van der Waals surface area contributed by atoms with Crippen LogP contribution in [0.15, 0.2) is 24.5 Å². The number of aromatic carboxylic acids is 1. The minimum Gasteiger partial charge on any atom is -0.477 e. The van der Waals surface area contributed by atoms with E-state index in [1.807, 2.05) is 12.1 Å². The molecule has 0 aliphatic carbocycles. The lowest BCUT2D eigenvalue weighted by atomic mass is 10.0. The van der Waals surface area contributed by atoms with Gasteiger partial charge in [0.1, 0.15) is 16.5 Å². The van der Waals surface area contributed by atoms with Crippen molar-refractivity contribution in [2.75, 3.05) is 48.0 Å². The number of carbonyl (C=O) groups is 1. The lowest BCUT2D eigenvalue weighted by molar-refractivity contribution is 0.0701. The van der Waals surface area contributed by atoms with Gasteiger partial charge in [0.2, 0.25) is 5.95 Å². The van der Waals surface area contributed by atoms with Gasteiger partial charge in [-0.2, -0.15) is 9.97 Å². The van der Waals surface area contributed by atoms with E-state index in [1.54, 1.807) is 19.3 Å². The third-order valence-corrected chi connectivity index (χ3v) is 6.82. The van der Waals surface area contributed by atoms with Gasteiger partial charge in [-0.05, 0) is 37.5 Å². The fourth-order valence-electron chi connectivity index (χ4n) is 4.20. The van der Waals surface area contributed by atoms with Crippen LogP contribution in [0, 0.1) is 6.92 Å². The van der Waals surface area contributed by atoms with Crippen LogP contribution < -0.4 is 15.1 Å². The Morgan fingerprint density at radius 3 is 2.64 bits per heavy atom. The summed E-state index contributed by atoms with van der Waals surface area (Å²) >= 11 is 1.09. The number of carboxylic acids is 1. The number of anilines is 4. The lowest BCUT2D eigenvalue weighted by Crippen LogP contribution is -2.39. The largest absolute Gasteiger partial charge is 0.477 e. The van der Waals surface area contributed by atoms with Crippen LogP contribution in [0.1, 0.15) is 32.9 Å². The van der Waals surface area contributed by atoms with Crippen molar-refractivity contribution in [3.63, 3.8) is 0 Å². The molecule has 5 heterocycles. The Bertz CT molecular complexity index is 1150. The van der Waals surface area contributed by atoms with E-state index in [0.717, 1.165) is 67.6 Å². The molecule has 0 unspecified atom stereocenters. The minimum atomic E-state index is -0.984. The van der Waals surface area contributed by atoms with Crippen molar-refractivity contribution in [3.8, 4) is 0 Å². The Labute approximate surface area is 195 Å². The van der Waals surface area contributed by atoms with Crippen LogP contribution in [0.5, 0.6) is 0 Å². The predicted molar refractivity (Wildman–Crippen MR) is 126 cm³/mol. The SMILES string of the molecule is Cc1nc(Nc2nc(N3CCOCC3)c3c(n2)N(Cc2ccncc2)CCC3)sc1C(=O)O. The quantitative estimate of drug-likeness (QED) is 0.560. The van der Waals surface area contributed by atoms with E-state index in [-0.39, 0.29) is 4.88 Å². The van der Waals surface area contributed by atoms with Crippen molar-refractivity contribution in [2.45, 2.75) is 26.3 Å². The molecule has 172 valence electrons. The monoisotopic (exact) mass is 467 g/mol. The molecular formula is C22H25N7O3S. The number of aromatic nitrogens is 4. The van der Waals surface area contributed by atoms with Gasteiger partial charge in [0.15, 0.2) is 5.13 Å². The predicted octanol–water partition coefficient (Wildman–Crippen LogP) is 2.87. The highest BCUT2D eigenvalue weighted by atomic mass is 32.1. The van der Waals surface area contributed by atoms with Crippen molar-refractivity contribution in [1.29, 1.82) is 0 Å². The van der Waals surface area contributed by atoms with Gasteiger partial charge in [0, 0.05) is 44.1 Å². The highest BCUT2D eigenvalue weighted by molar-refractivity contribution is 7.17. The summed E-state index contributed by atoms with van der Waals surface area (Å²) in [4.78, 5) is 34.4. The van der Waals surface area contributed by atoms with Crippen molar-refractivity contribution < 1.29 is 14.6 Å². The summed E-state index contributed by atoms with van der Waals surface area (Å²) in [5.41, 5.74) is 2.78. The Hall–Kier alpha value is -3.31. The van der Waals surface area contributed by atoms with Gasteiger partial charge in [-0.15, -0.1) is 0 Å². The van der Waals surface area contributed by atoms with Crippen LogP contribution in [0.4, 0.5) is 22.7 Å². The van der Waals surface area contributed by atoms with Crippen LogP contribution in [-0.2, 0) is 17.7 Å². The smallest absolute Gasteiger partial charge is 0.347 e. The lowest BCUT2D eigenvalue weighted by Gasteiger charge is -2.35. The number of hydrogen-bond acceptors (Lipinski definition) is 10. The summed E-state index contributed by atoms with van der Waals surface area (Å²) in [6, 6.07) is 4.03. The highest BCUT2D eigenvalue weighted by Crippen LogP contribution is 2.35. The van der Waals surface area contributed by atoms with E-state index < -0.39 is 5.97 Å². The molecule has 33 heavy (non-hydrogen) atoms. The molecule has 11 heteroatoms. The van der Waals surface area contributed by atoms with Crippen LogP contribution in [-0.4, -0.2) is 63.9 Å². The first-order valence-electron chi connectivity index (χ1n) is 10.9. The van der Waals surface area contributed by atoms with Crippen LogP contribution in [0.2, 0.25) is 0 Å². The highest BCUT2D eigenvalue weighted by Gasteiger charge is 2.27. The molecule has 2 N–H and O–H groups in total. The molecule has 0 saturated carbocycles. The fourth-order valence-corrected chi connectivity index (χ4v) is 5.00. The molecule has 0 aromatic carbocycles. The third kappa shape index (κ3) is 4.60. The standard InChI is InChI=1S/C22H25N7O3S/c1-14-17(20(30)31)33-22(24-14)27-21-25-18(28-9-11-32-12-10-28)16-3-2-8-29(19(16)26-21)13-15-4-6-23-7-5-15/h4-7H,2-3,8-13H2,1H3,(H,30,31)(H,24,25,26,27). The second-order valence-corrected chi connectivity index (χ2v) is 9.02. The molecule has 3 aromatic rings. The zero-order valence-corrected chi connectivity index (χ0v) is 19.1. The summed E-state index contributed by atoms with van der Waals surface area (Å²) in [5, 5.41) is 13.0. The summed E-state index contributed by atoms with van der Waals surface area (Å²) < 4.78 is 5.55. The summed E-state index contributed by atoms with van der Waals surface area (Å²) in [7, 11) is 0. The zero-order chi connectivity index (χ0) is 22.8. The number of nitrogens with one attached hydrogen (secondary N) is 1. The number of carboxylic acid groups (broad SMARTS) is 1. The van der Waals surface area contributed by atoms with Crippen molar-refractivity contribution in [2.24, 2.45) is 0 Å². The average molecular weight is 468 g/mol. The van der Waals surface area contributed by atoms with Gasteiger partial charge in [-0.25, -0.2) is 9.78 Å². The molecule has 3 aromatic heterocycles. The Kier molecular flexibility index (Phi) is 6.05. The Balaban J connectivity index is 1.53. The normalized spacial score (nSPS) is 15.9. The number of hydrogen-bond donors (Lipinski definition) is 2. The van der Waals surface area contributed by atoms with Crippen LogP contribution in [0.3, 0.4) is 0 Å². The molecule has 2 aliphatic rings. The number of pyridine rings is 1. The second kappa shape index (κ2) is 9.28. The van der Waals surface area contributed by atoms with Crippen LogP contribution >= 0.6 is 11.3 Å². The van der Waals surface area contributed by atoms with E-state index >= 15 is 0 Å². The number of fused-ring (bicyclic) bond motifs is 1. The molecule has 0 atom stereocenters. The molecule has 1 fully saturated rings. The van der Waals surface area contributed by atoms with E-state index in [9.17, 15) is 9.90 Å². The van der Waals surface area contributed by atoms with E-state index in [0.29, 0.717) is 30.0 Å². The number of thiazole rings is 1. The molecule has 2 aliphatic heterocycles. The van der Waals surface area contributed by atoms with E-state index in [4.69, 9.17) is 14.7 Å². The zero-order valence-electron chi connectivity index (χ0n) is 18.3. The van der Waals surface area contributed by atoms with Crippen molar-refractivity contribution in [3.05, 3.63) is 46.2 Å². The van der Waals surface area contributed by atoms with Gasteiger partial charge in [0.05, 0.1) is 18.9 Å². The van der Waals surface area contributed by atoms with Gasteiger partial charge < -0.3 is 19.6 Å². The van der Waals surface area contributed by atoms with Crippen molar-refractivity contribution in [1.82, 2.24) is 19.9 Å². The van der Waals surface area contributed by atoms with Gasteiger partial charge in [0.25, 0.3) is 0 Å². The molecule has 0 radical (unpaired) electrons. The molecule has 10 nitrogen and oxygen atoms in total. The first kappa shape index (κ1) is 21.5. The van der Waals surface area contributed by atoms with E-state index in [2.05, 4.69) is 25.1 Å². The van der Waals surface area contributed by atoms with Gasteiger partial charge >= 0.3 is 5.97 Å². The molecule has 0 amide bonds. The third-order valence-electron chi connectivity index (χ3n) is 5.76. The summed E-state index contributed by atoms with van der Waals surface area (Å²) in [6.07, 6.45) is 5.54. The second-order valence-electron chi connectivity index (χ2n) is 8.02. The fraction of sp³-hybridized carbons (Fsp3) is 0.409. The maximum Gasteiger partial charge on any atom is 0.347 e. The minimum absolute atomic E-state index is 0.211.